The van der Waals surface area contributed by atoms with Crippen LogP contribution in [0.25, 0.3) is 11.3 Å². The van der Waals surface area contributed by atoms with E-state index in [0.717, 1.165) is 31.5 Å². The van der Waals surface area contributed by atoms with Crippen molar-refractivity contribution < 1.29 is 19.1 Å². The average molecular weight is 440 g/mol. The molecule has 2 amide bonds. The van der Waals surface area contributed by atoms with Crippen LogP contribution >= 0.6 is 0 Å². The molecule has 3 aliphatic rings. The molecule has 9 heteroatoms. The zero-order valence-corrected chi connectivity index (χ0v) is 18.2. The third-order valence-corrected chi connectivity index (χ3v) is 6.43. The normalized spacial score (nSPS) is 19.1. The van der Waals surface area contributed by atoms with Crippen LogP contribution in [-0.2, 0) is 4.79 Å². The molecule has 1 N–H and O–H groups in total. The summed E-state index contributed by atoms with van der Waals surface area (Å²) < 4.78 is 11.3. The average Bonchev–Trinajstić information content (AvgIpc) is 3.34. The van der Waals surface area contributed by atoms with Gasteiger partial charge in [-0.3, -0.25) is 19.6 Å². The molecular weight excluding hydrogens is 410 g/mol. The zero-order valence-electron chi connectivity index (χ0n) is 18.2. The Morgan fingerprint density at radius 1 is 0.906 bits per heavy atom. The molecule has 2 fully saturated rings. The summed E-state index contributed by atoms with van der Waals surface area (Å²) >= 11 is 0. The topological polar surface area (TPSA) is 91.0 Å². The van der Waals surface area contributed by atoms with Gasteiger partial charge in [-0.15, -0.1) is 0 Å². The predicted molar refractivity (Wildman–Crippen MR) is 118 cm³/mol. The first-order chi connectivity index (χ1) is 15.7. The van der Waals surface area contributed by atoms with Crippen LogP contribution in [0.5, 0.6) is 11.5 Å². The number of H-pyrrole nitrogens is 1. The van der Waals surface area contributed by atoms with Crippen molar-refractivity contribution in [2.75, 3.05) is 59.0 Å². The molecule has 9 nitrogen and oxygen atoms in total. The Balaban J connectivity index is 1.21. The van der Waals surface area contributed by atoms with Gasteiger partial charge in [-0.25, -0.2) is 0 Å². The van der Waals surface area contributed by atoms with E-state index in [1.54, 1.807) is 6.20 Å². The van der Waals surface area contributed by atoms with E-state index in [2.05, 4.69) is 15.1 Å². The van der Waals surface area contributed by atoms with Crippen molar-refractivity contribution in [1.82, 2.24) is 24.9 Å². The van der Waals surface area contributed by atoms with Crippen LogP contribution in [-0.4, -0.2) is 95.7 Å². The highest BCUT2D eigenvalue weighted by molar-refractivity contribution is 6.00. The SMILES string of the molecule is O=C(CN1CCN(C(=O)c2cn[nH]c2-c2ccc3c(c2)OCCO3)CC1)N1CCCCC1. The van der Waals surface area contributed by atoms with Gasteiger partial charge in [-0.2, -0.15) is 5.10 Å². The van der Waals surface area contributed by atoms with Crippen molar-refractivity contribution in [3.05, 3.63) is 30.0 Å². The highest BCUT2D eigenvalue weighted by atomic mass is 16.6. The number of carbonyl (C=O) groups excluding carboxylic acids is 2. The molecule has 0 saturated carbocycles. The summed E-state index contributed by atoms with van der Waals surface area (Å²) in [4.78, 5) is 31.8. The van der Waals surface area contributed by atoms with E-state index in [-0.39, 0.29) is 11.8 Å². The number of carbonyl (C=O) groups is 2. The molecule has 2 saturated heterocycles. The zero-order chi connectivity index (χ0) is 21.9. The summed E-state index contributed by atoms with van der Waals surface area (Å²) in [6, 6.07) is 5.64. The second-order valence-corrected chi connectivity index (χ2v) is 8.53. The molecule has 0 bridgehead atoms. The number of nitrogens with zero attached hydrogens (tertiary/aromatic N) is 4. The first-order valence-corrected chi connectivity index (χ1v) is 11.4. The maximum absolute atomic E-state index is 13.2. The molecule has 170 valence electrons. The van der Waals surface area contributed by atoms with Gasteiger partial charge >= 0.3 is 0 Å². The Bertz CT molecular complexity index is 977. The molecular formula is C23H29N5O4. The summed E-state index contributed by atoms with van der Waals surface area (Å²) in [6.07, 6.45) is 5.00. The summed E-state index contributed by atoms with van der Waals surface area (Å²) in [7, 11) is 0. The van der Waals surface area contributed by atoms with Crippen molar-refractivity contribution in [2.45, 2.75) is 19.3 Å². The van der Waals surface area contributed by atoms with E-state index in [0.29, 0.717) is 68.7 Å². The van der Waals surface area contributed by atoms with Gasteiger partial charge in [-0.1, -0.05) is 0 Å². The van der Waals surface area contributed by atoms with Crippen LogP contribution in [0.1, 0.15) is 29.6 Å². The quantitative estimate of drug-likeness (QED) is 0.779. The molecule has 0 aliphatic carbocycles. The number of aromatic nitrogens is 2. The van der Waals surface area contributed by atoms with Gasteiger partial charge in [0.15, 0.2) is 11.5 Å². The number of hydrogen-bond donors (Lipinski definition) is 1. The Morgan fingerprint density at radius 2 is 1.66 bits per heavy atom. The minimum atomic E-state index is -0.0503. The number of piperazine rings is 1. The Kier molecular flexibility index (Phi) is 5.98. The molecule has 1 aromatic carbocycles. The molecule has 2 aromatic rings. The lowest BCUT2D eigenvalue weighted by Crippen LogP contribution is -2.52. The summed E-state index contributed by atoms with van der Waals surface area (Å²) in [5.41, 5.74) is 2.05. The summed E-state index contributed by atoms with van der Waals surface area (Å²) in [5.74, 6) is 1.54. The third kappa shape index (κ3) is 4.29. The molecule has 5 rings (SSSR count). The maximum Gasteiger partial charge on any atom is 0.257 e. The molecule has 32 heavy (non-hydrogen) atoms. The molecule has 0 radical (unpaired) electrons. The lowest BCUT2D eigenvalue weighted by Gasteiger charge is -2.36. The Labute approximate surface area is 187 Å². The molecule has 0 spiro atoms. The van der Waals surface area contributed by atoms with E-state index >= 15 is 0 Å². The van der Waals surface area contributed by atoms with Crippen LogP contribution in [0.2, 0.25) is 0 Å². The van der Waals surface area contributed by atoms with E-state index in [9.17, 15) is 9.59 Å². The van der Waals surface area contributed by atoms with Crippen LogP contribution < -0.4 is 9.47 Å². The number of piperidine rings is 1. The van der Waals surface area contributed by atoms with Gasteiger partial charge in [0.05, 0.1) is 24.0 Å². The van der Waals surface area contributed by atoms with Gasteiger partial charge in [0.1, 0.15) is 13.2 Å². The number of rotatable bonds is 4. The standard InChI is InChI=1S/C23H29N5O4/c29-21(27-6-2-1-3-7-27)16-26-8-10-28(11-9-26)23(30)18-15-24-25-22(18)17-4-5-19-20(14-17)32-13-12-31-19/h4-5,14-15H,1-3,6-13,16H2,(H,24,25). The fourth-order valence-corrected chi connectivity index (χ4v) is 4.58. The Morgan fingerprint density at radius 3 is 2.44 bits per heavy atom. The lowest BCUT2D eigenvalue weighted by atomic mass is 10.1. The van der Waals surface area contributed by atoms with Gasteiger partial charge < -0.3 is 19.3 Å². The number of likely N-dealkylation sites (tertiary alicyclic amines) is 1. The van der Waals surface area contributed by atoms with E-state index in [1.165, 1.54) is 6.42 Å². The molecule has 0 atom stereocenters. The van der Waals surface area contributed by atoms with Crippen molar-refractivity contribution >= 4 is 11.8 Å². The summed E-state index contributed by atoms with van der Waals surface area (Å²) in [5, 5.41) is 7.09. The Hall–Kier alpha value is -3.07. The number of fused-ring (bicyclic) bond motifs is 1. The number of nitrogens with one attached hydrogen (secondary N) is 1. The van der Waals surface area contributed by atoms with Crippen LogP contribution in [0.4, 0.5) is 0 Å². The van der Waals surface area contributed by atoms with Crippen molar-refractivity contribution in [2.24, 2.45) is 0 Å². The van der Waals surface area contributed by atoms with Crippen LogP contribution in [0.3, 0.4) is 0 Å². The minimum Gasteiger partial charge on any atom is -0.486 e. The van der Waals surface area contributed by atoms with Crippen molar-refractivity contribution in [1.29, 1.82) is 0 Å². The first-order valence-electron chi connectivity index (χ1n) is 11.4. The minimum absolute atomic E-state index is 0.0503. The monoisotopic (exact) mass is 439 g/mol. The second-order valence-electron chi connectivity index (χ2n) is 8.53. The number of hydrogen-bond acceptors (Lipinski definition) is 6. The fourth-order valence-electron chi connectivity index (χ4n) is 4.58. The largest absolute Gasteiger partial charge is 0.486 e. The first kappa shape index (κ1) is 20.8. The number of benzene rings is 1. The number of aromatic amines is 1. The molecule has 3 aliphatic heterocycles. The lowest BCUT2D eigenvalue weighted by molar-refractivity contribution is -0.133. The van der Waals surface area contributed by atoms with Crippen LogP contribution in [0.15, 0.2) is 24.4 Å². The number of ether oxygens (including phenoxy) is 2. The highest BCUT2D eigenvalue weighted by Crippen LogP contribution is 2.35. The molecule has 0 unspecified atom stereocenters. The second kappa shape index (κ2) is 9.20. The number of amides is 2. The van der Waals surface area contributed by atoms with Gasteiger partial charge in [0.25, 0.3) is 5.91 Å². The van der Waals surface area contributed by atoms with E-state index in [1.807, 2.05) is 28.0 Å². The maximum atomic E-state index is 13.2. The van der Waals surface area contributed by atoms with Gasteiger partial charge in [0, 0.05) is 44.8 Å². The van der Waals surface area contributed by atoms with Crippen LogP contribution in [0, 0.1) is 0 Å². The fraction of sp³-hybridized carbons (Fsp3) is 0.522. The predicted octanol–water partition coefficient (Wildman–Crippen LogP) is 1.62. The van der Waals surface area contributed by atoms with Gasteiger partial charge in [-0.05, 0) is 37.5 Å². The molecule has 1 aromatic heterocycles. The highest BCUT2D eigenvalue weighted by Gasteiger charge is 2.27. The van der Waals surface area contributed by atoms with Crippen molar-refractivity contribution in [3.63, 3.8) is 0 Å². The van der Waals surface area contributed by atoms with Gasteiger partial charge in [0.2, 0.25) is 5.91 Å². The molecule has 4 heterocycles. The summed E-state index contributed by atoms with van der Waals surface area (Å²) in [6.45, 7) is 5.82. The third-order valence-electron chi connectivity index (χ3n) is 6.43. The van der Waals surface area contributed by atoms with E-state index < -0.39 is 0 Å². The van der Waals surface area contributed by atoms with E-state index in [4.69, 9.17) is 9.47 Å². The van der Waals surface area contributed by atoms with Crippen molar-refractivity contribution in [3.8, 4) is 22.8 Å². The smallest absolute Gasteiger partial charge is 0.257 e.